The number of carbonyl (C=O) groups is 2. The Hall–Kier alpha value is -2.35. The van der Waals surface area contributed by atoms with Crippen molar-refractivity contribution in [2.45, 2.75) is 85.0 Å². The van der Waals surface area contributed by atoms with Gasteiger partial charge < -0.3 is 9.47 Å². The summed E-state index contributed by atoms with van der Waals surface area (Å²) in [4.78, 5) is 25.5. The lowest BCUT2D eigenvalue weighted by atomic mass is 9.82. The van der Waals surface area contributed by atoms with Gasteiger partial charge in [-0.05, 0) is 43.5 Å². The van der Waals surface area contributed by atoms with Gasteiger partial charge in [-0.1, -0.05) is 65.7 Å². The number of esters is 2. The predicted molar refractivity (Wildman–Crippen MR) is 113 cm³/mol. The number of nitriles is 1. The molecule has 0 saturated carbocycles. The van der Waals surface area contributed by atoms with Crippen LogP contribution >= 0.6 is 0 Å². The summed E-state index contributed by atoms with van der Waals surface area (Å²) in [5.41, 5.74) is -0.819. The molecule has 0 heterocycles. The summed E-state index contributed by atoms with van der Waals surface area (Å²) in [5.74, 6) is -0.798. The van der Waals surface area contributed by atoms with E-state index >= 15 is 0 Å². The van der Waals surface area contributed by atoms with E-state index < -0.39 is 17.4 Å². The lowest BCUT2D eigenvalue weighted by molar-refractivity contribution is -0.168. The van der Waals surface area contributed by atoms with Crippen molar-refractivity contribution in [1.82, 2.24) is 0 Å². The Kier molecular flexibility index (Phi) is 11.7. The van der Waals surface area contributed by atoms with Gasteiger partial charge in [0, 0.05) is 0 Å². The van der Waals surface area contributed by atoms with Crippen LogP contribution in [0.2, 0.25) is 0 Å². The summed E-state index contributed by atoms with van der Waals surface area (Å²) in [6.07, 6.45) is 9.95. The number of nitrogens with zero attached hydrogens (tertiary/aromatic N) is 1. The van der Waals surface area contributed by atoms with Gasteiger partial charge in [-0.25, -0.2) is 0 Å². The fourth-order valence-corrected chi connectivity index (χ4v) is 3.25. The standard InChI is InChI=1S/C24H35NO4/c1-4-7-8-9-10-11-12-13-18-28-22(26)24(5-2,6-3)23(27)29-21-16-14-20(19-25)15-17-21/h14-17H,4-13,18H2,1-3H3. The Morgan fingerprint density at radius 2 is 1.41 bits per heavy atom. The van der Waals surface area contributed by atoms with Crippen LogP contribution in [0.3, 0.4) is 0 Å². The summed E-state index contributed by atoms with van der Waals surface area (Å²) in [7, 11) is 0. The fourth-order valence-electron chi connectivity index (χ4n) is 3.25. The highest BCUT2D eigenvalue weighted by molar-refractivity contribution is 6.00. The number of carbonyl (C=O) groups excluding carboxylic acids is 2. The van der Waals surface area contributed by atoms with E-state index in [1.165, 1.54) is 32.1 Å². The third-order valence-corrected chi connectivity index (χ3v) is 5.41. The van der Waals surface area contributed by atoms with Gasteiger partial charge in [-0.3, -0.25) is 9.59 Å². The van der Waals surface area contributed by atoms with Gasteiger partial charge in [0.25, 0.3) is 0 Å². The minimum atomic E-state index is -1.30. The van der Waals surface area contributed by atoms with Crippen LogP contribution < -0.4 is 4.74 Å². The molecule has 1 rings (SSSR count). The van der Waals surface area contributed by atoms with Crippen molar-refractivity contribution in [3.05, 3.63) is 29.8 Å². The zero-order chi connectivity index (χ0) is 21.5. The van der Waals surface area contributed by atoms with Crippen LogP contribution in [0.1, 0.15) is 90.5 Å². The highest BCUT2D eigenvalue weighted by Crippen LogP contribution is 2.31. The number of hydrogen-bond acceptors (Lipinski definition) is 5. The fraction of sp³-hybridized carbons (Fsp3) is 0.625. The van der Waals surface area contributed by atoms with E-state index in [1.54, 1.807) is 38.1 Å². The molecule has 0 unspecified atom stereocenters. The normalized spacial score (nSPS) is 11.0. The lowest BCUT2D eigenvalue weighted by Crippen LogP contribution is -2.42. The molecule has 1 aromatic rings. The van der Waals surface area contributed by atoms with Gasteiger partial charge in [0.15, 0.2) is 5.41 Å². The SMILES string of the molecule is CCCCCCCCCCOC(=O)C(CC)(CC)C(=O)Oc1ccc(C#N)cc1. The molecule has 0 N–H and O–H groups in total. The Balaban J connectivity index is 2.50. The number of unbranched alkanes of at least 4 members (excludes halogenated alkanes) is 7. The van der Waals surface area contributed by atoms with E-state index in [1.807, 2.05) is 6.07 Å². The van der Waals surface area contributed by atoms with Gasteiger partial charge in [0.1, 0.15) is 5.75 Å². The predicted octanol–water partition coefficient (Wildman–Crippen LogP) is 5.95. The third-order valence-electron chi connectivity index (χ3n) is 5.41. The molecule has 0 aliphatic heterocycles. The Morgan fingerprint density at radius 3 is 1.93 bits per heavy atom. The van der Waals surface area contributed by atoms with E-state index in [0.717, 1.165) is 19.3 Å². The smallest absolute Gasteiger partial charge is 0.328 e. The highest BCUT2D eigenvalue weighted by Gasteiger charge is 2.46. The first kappa shape index (κ1) is 24.7. The number of rotatable bonds is 14. The van der Waals surface area contributed by atoms with Crippen molar-refractivity contribution in [2.24, 2.45) is 5.41 Å². The molecule has 5 heteroatoms. The minimum Gasteiger partial charge on any atom is -0.465 e. The van der Waals surface area contributed by atoms with E-state index in [2.05, 4.69) is 6.92 Å². The van der Waals surface area contributed by atoms with Crippen LogP contribution in [-0.4, -0.2) is 18.5 Å². The van der Waals surface area contributed by atoms with Crippen molar-refractivity contribution in [1.29, 1.82) is 5.26 Å². The zero-order valence-electron chi connectivity index (χ0n) is 18.2. The minimum absolute atomic E-state index is 0.314. The van der Waals surface area contributed by atoms with Gasteiger partial charge in [-0.15, -0.1) is 0 Å². The maximum Gasteiger partial charge on any atom is 0.328 e. The second kappa shape index (κ2) is 13.8. The Bertz CT molecular complexity index is 656. The van der Waals surface area contributed by atoms with E-state index in [4.69, 9.17) is 14.7 Å². The molecule has 0 atom stereocenters. The molecule has 0 saturated heterocycles. The van der Waals surface area contributed by atoms with Gasteiger partial charge in [-0.2, -0.15) is 5.26 Å². The molecule has 0 bridgehead atoms. The molecule has 1 aromatic carbocycles. The molecule has 0 radical (unpaired) electrons. The summed E-state index contributed by atoms with van der Waals surface area (Å²) >= 11 is 0. The first-order valence-corrected chi connectivity index (χ1v) is 10.9. The maximum atomic E-state index is 12.8. The Labute approximate surface area is 175 Å². The van der Waals surface area contributed by atoms with Gasteiger partial charge >= 0.3 is 11.9 Å². The first-order chi connectivity index (χ1) is 14.0. The molecular formula is C24H35NO4. The van der Waals surface area contributed by atoms with Crippen molar-refractivity contribution in [3.8, 4) is 11.8 Å². The molecule has 160 valence electrons. The summed E-state index contributed by atoms with van der Waals surface area (Å²) < 4.78 is 10.9. The van der Waals surface area contributed by atoms with E-state index in [-0.39, 0.29) is 0 Å². The molecule has 0 aliphatic rings. The van der Waals surface area contributed by atoms with Crippen LogP contribution in [0.15, 0.2) is 24.3 Å². The van der Waals surface area contributed by atoms with Crippen LogP contribution in [0.5, 0.6) is 5.75 Å². The van der Waals surface area contributed by atoms with E-state index in [0.29, 0.717) is 30.8 Å². The molecule has 0 spiro atoms. The summed E-state index contributed by atoms with van der Waals surface area (Å²) in [6, 6.07) is 8.27. The van der Waals surface area contributed by atoms with Crippen molar-refractivity contribution < 1.29 is 19.1 Å². The second-order valence-electron chi connectivity index (χ2n) is 7.43. The number of benzene rings is 1. The highest BCUT2D eigenvalue weighted by atomic mass is 16.6. The number of hydrogen-bond donors (Lipinski definition) is 0. The maximum absolute atomic E-state index is 12.8. The van der Waals surface area contributed by atoms with Gasteiger partial charge in [0.2, 0.25) is 0 Å². The summed E-state index contributed by atoms with van der Waals surface area (Å²) in [5, 5.41) is 8.85. The molecule has 5 nitrogen and oxygen atoms in total. The van der Waals surface area contributed by atoms with Gasteiger partial charge in [0.05, 0.1) is 18.2 Å². The Morgan fingerprint density at radius 1 is 0.862 bits per heavy atom. The van der Waals surface area contributed by atoms with Crippen LogP contribution in [0, 0.1) is 16.7 Å². The van der Waals surface area contributed by atoms with Crippen molar-refractivity contribution in [2.75, 3.05) is 6.61 Å². The molecule has 0 amide bonds. The molecule has 0 aliphatic carbocycles. The molecule has 29 heavy (non-hydrogen) atoms. The number of ether oxygens (including phenoxy) is 2. The monoisotopic (exact) mass is 401 g/mol. The van der Waals surface area contributed by atoms with Crippen LogP contribution in [-0.2, 0) is 14.3 Å². The largest absolute Gasteiger partial charge is 0.465 e. The average molecular weight is 402 g/mol. The second-order valence-corrected chi connectivity index (χ2v) is 7.43. The van der Waals surface area contributed by atoms with E-state index in [9.17, 15) is 9.59 Å². The van der Waals surface area contributed by atoms with Crippen molar-refractivity contribution >= 4 is 11.9 Å². The van der Waals surface area contributed by atoms with Crippen LogP contribution in [0.25, 0.3) is 0 Å². The zero-order valence-corrected chi connectivity index (χ0v) is 18.2. The molecule has 0 fully saturated rings. The quantitative estimate of drug-likeness (QED) is 0.166. The topological polar surface area (TPSA) is 76.4 Å². The lowest BCUT2D eigenvalue weighted by Gasteiger charge is -2.26. The molecule has 0 aromatic heterocycles. The first-order valence-electron chi connectivity index (χ1n) is 10.9. The van der Waals surface area contributed by atoms with Crippen LogP contribution in [0.4, 0.5) is 0 Å². The summed E-state index contributed by atoms with van der Waals surface area (Å²) in [6.45, 7) is 6.13. The third kappa shape index (κ3) is 7.89. The average Bonchev–Trinajstić information content (AvgIpc) is 2.74. The molecular weight excluding hydrogens is 366 g/mol. The van der Waals surface area contributed by atoms with Crippen molar-refractivity contribution in [3.63, 3.8) is 0 Å².